The van der Waals surface area contributed by atoms with Gasteiger partial charge in [0.2, 0.25) is 0 Å². The van der Waals surface area contributed by atoms with Crippen molar-refractivity contribution in [3.63, 3.8) is 0 Å². The Morgan fingerprint density at radius 2 is 2.12 bits per heavy atom. The summed E-state index contributed by atoms with van der Waals surface area (Å²) >= 11 is 0. The Labute approximate surface area is 146 Å². The summed E-state index contributed by atoms with van der Waals surface area (Å²) in [5.41, 5.74) is 0.911. The third-order valence-corrected chi connectivity index (χ3v) is 4.22. The fourth-order valence-electron chi connectivity index (χ4n) is 2.92. The largest absolute Gasteiger partial charge is 0.493 e. The molecule has 25 heavy (non-hydrogen) atoms. The summed E-state index contributed by atoms with van der Waals surface area (Å²) in [6, 6.07) is 7.47. The first-order chi connectivity index (χ1) is 12.1. The summed E-state index contributed by atoms with van der Waals surface area (Å²) in [5.74, 6) is 2.42. The van der Waals surface area contributed by atoms with E-state index in [1.165, 1.54) is 0 Å². The van der Waals surface area contributed by atoms with Gasteiger partial charge in [0.1, 0.15) is 17.6 Å². The Morgan fingerprint density at radius 1 is 1.32 bits per heavy atom. The normalized spacial score (nSPS) is 19.2. The number of carbonyl (C=O) groups is 2. The van der Waals surface area contributed by atoms with E-state index in [4.69, 9.17) is 14.9 Å². The molecule has 1 aromatic carbocycles. The number of ether oxygens (including phenoxy) is 2. The number of carbonyl (C=O) groups excluding carboxylic acids is 1. The number of aliphatic hydroxyl groups excluding tert-OH is 1. The van der Waals surface area contributed by atoms with Gasteiger partial charge in [0.15, 0.2) is 6.61 Å². The maximum Gasteiger partial charge on any atom is 0.342 e. The van der Waals surface area contributed by atoms with Crippen molar-refractivity contribution in [2.24, 2.45) is 11.8 Å². The molecule has 1 aromatic rings. The average molecular weight is 346 g/mol. The van der Waals surface area contributed by atoms with E-state index in [9.17, 15) is 9.59 Å². The lowest BCUT2D eigenvalue weighted by molar-refractivity contribution is -0.140. The van der Waals surface area contributed by atoms with Gasteiger partial charge in [-0.25, -0.2) is 4.79 Å². The minimum Gasteiger partial charge on any atom is -0.493 e. The predicted molar refractivity (Wildman–Crippen MR) is 89.9 cm³/mol. The topological polar surface area (TPSA) is 93.1 Å². The van der Waals surface area contributed by atoms with E-state index in [-0.39, 0.29) is 30.8 Å². The SMILES string of the molecule is O=C(O)COC#CC[C@H]1CCC(=O)[C@@H]1COc1ccccc1CCO. The van der Waals surface area contributed by atoms with Crippen molar-refractivity contribution < 1.29 is 29.3 Å². The van der Waals surface area contributed by atoms with Gasteiger partial charge < -0.3 is 19.7 Å². The van der Waals surface area contributed by atoms with Crippen LogP contribution in [0.4, 0.5) is 0 Å². The van der Waals surface area contributed by atoms with Crippen LogP contribution in [0.3, 0.4) is 0 Å². The van der Waals surface area contributed by atoms with E-state index in [0.29, 0.717) is 25.0 Å². The van der Waals surface area contributed by atoms with Crippen LogP contribution in [-0.4, -0.2) is 41.8 Å². The highest BCUT2D eigenvalue weighted by atomic mass is 16.5. The Morgan fingerprint density at radius 3 is 2.88 bits per heavy atom. The molecule has 6 nitrogen and oxygen atoms in total. The molecule has 1 saturated carbocycles. The highest BCUT2D eigenvalue weighted by molar-refractivity contribution is 5.83. The van der Waals surface area contributed by atoms with E-state index in [1.807, 2.05) is 24.3 Å². The van der Waals surface area contributed by atoms with Gasteiger partial charge in [-0.3, -0.25) is 4.79 Å². The van der Waals surface area contributed by atoms with Crippen LogP contribution < -0.4 is 4.74 Å². The van der Waals surface area contributed by atoms with Crippen molar-refractivity contribution in [2.45, 2.75) is 25.7 Å². The molecule has 2 atom stereocenters. The lowest BCUT2D eigenvalue weighted by Gasteiger charge is -2.18. The quantitative estimate of drug-likeness (QED) is 0.695. The summed E-state index contributed by atoms with van der Waals surface area (Å²) < 4.78 is 10.5. The molecule has 2 rings (SSSR count). The van der Waals surface area contributed by atoms with Gasteiger partial charge in [-0.1, -0.05) is 24.1 Å². The van der Waals surface area contributed by atoms with Crippen LogP contribution in [0.2, 0.25) is 0 Å². The van der Waals surface area contributed by atoms with Crippen molar-refractivity contribution in [3.05, 3.63) is 29.8 Å². The van der Waals surface area contributed by atoms with Gasteiger partial charge >= 0.3 is 5.97 Å². The molecule has 1 aliphatic carbocycles. The molecule has 0 aliphatic heterocycles. The fourth-order valence-corrected chi connectivity index (χ4v) is 2.92. The molecule has 1 aliphatic rings. The number of aliphatic carboxylic acids is 1. The molecule has 0 unspecified atom stereocenters. The van der Waals surface area contributed by atoms with Crippen molar-refractivity contribution >= 4 is 11.8 Å². The van der Waals surface area contributed by atoms with Crippen LogP contribution in [0.25, 0.3) is 0 Å². The van der Waals surface area contributed by atoms with Crippen LogP contribution in [-0.2, 0) is 20.7 Å². The lowest BCUT2D eigenvalue weighted by Crippen LogP contribution is -2.23. The monoisotopic (exact) mass is 346 g/mol. The van der Waals surface area contributed by atoms with Crippen LogP contribution >= 0.6 is 0 Å². The van der Waals surface area contributed by atoms with Crippen molar-refractivity contribution in [3.8, 4) is 17.8 Å². The molecule has 0 saturated heterocycles. The molecular weight excluding hydrogens is 324 g/mol. The molecular formula is C19H22O6. The standard InChI is InChI=1S/C19H22O6/c20-10-9-15-4-1-2-6-18(15)25-12-16-14(7-8-17(16)21)5-3-11-24-13-19(22)23/h1-2,4,6,14,16,20H,5,7-10,12-13H2,(H,22,23)/t14-,16+/m0/s1. The predicted octanol–water partition coefficient (Wildman–Crippen LogP) is 1.65. The molecule has 134 valence electrons. The van der Waals surface area contributed by atoms with Gasteiger partial charge in [0.25, 0.3) is 0 Å². The Hall–Kier alpha value is -2.52. The summed E-state index contributed by atoms with van der Waals surface area (Å²) in [4.78, 5) is 22.5. The number of carboxylic acid groups (broad SMARTS) is 1. The Kier molecular flexibility index (Phi) is 7.30. The maximum atomic E-state index is 12.1. The number of carboxylic acids is 1. The number of Topliss-reactive ketones (excluding diaryl/α,β-unsaturated/α-hetero) is 1. The van der Waals surface area contributed by atoms with Gasteiger partial charge in [-0.05, 0) is 30.4 Å². The van der Waals surface area contributed by atoms with Crippen molar-refractivity contribution in [1.82, 2.24) is 0 Å². The van der Waals surface area contributed by atoms with E-state index >= 15 is 0 Å². The van der Waals surface area contributed by atoms with Crippen molar-refractivity contribution in [1.29, 1.82) is 0 Å². The molecule has 6 heteroatoms. The first kappa shape index (κ1) is 18.8. The first-order valence-corrected chi connectivity index (χ1v) is 8.27. The number of hydrogen-bond acceptors (Lipinski definition) is 5. The number of ketones is 1. The zero-order chi connectivity index (χ0) is 18.1. The molecule has 0 aromatic heterocycles. The molecule has 0 heterocycles. The number of aliphatic hydroxyl groups is 1. The third kappa shape index (κ3) is 5.80. The van der Waals surface area contributed by atoms with Gasteiger partial charge in [-0.15, -0.1) is 0 Å². The summed E-state index contributed by atoms with van der Waals surface area (Å²) in [6.07, 6.45) is 4.60. The molecule has 0 bridgehead atoms. The second kappa shape index (κ2) is 9.70. The zero-order valence-corrected chi connectivity index (χ0v) is 13.9. The number of benzene rings is 1. The minimum atomic E-state index is -1.07. The molecule has 0 radical (unpaired) electrons. The Balaban J connectivity index is 1.90. The average Bonchev–Trinajstić information content (AvgIpc) is 2.94. The minimum absolute atomic E-state index is 0.0390. The molecule has 2 N–H and O–H groups in total. The lowest BCUT2D eigenvalue weighted by atomic mass is 9.93. The van der Waals surface area contributed by atoms with Crippen LogP contribution in [0.1, 0.15) is 24.8 Å². The Bertz CT molecular complexity index is 657. The first-order valence-electron chi connectivity index (χ1n) is 8.27. The molecule has 0 amide bonds. The van der Waals surface area contributed by atoms with E-state index < -0.39 is 12.6 Å². The third-order valence-electron chi connectivity index (χ3n) is 4.22. The highest BCUT2D eigenvalue weighted by Crippen LogP contribution is 2.32. The second-order valence-corrected chi connectivity index (χ2v) is 5.93. The summed E-state index contributed by atoms with van der Waals surface area (Å²) in [5, 5.41) is 17.6. The maximum absolute atomic E-state index is 12.1. The molecule has 1 fully saturated rings. The number of hydrogen-bond donors (Lipinski definition) is 2. The number of para-hydroxylation sites is 1. The van der Waals surface area contributed by atoms with Gasteiger partial charge in [0.05, 0.1) is 12.5 Å². The number of rotatable bonds is 8. The van der Waals surface area contributed by atoms with E-state index in [0.717, 1.165) is 12.0 Å². The van der Waals surface area contributed by atoms with Crippen molar-refractivity contribution in [2.75, 3.05) is 19.8 Å². The van der Waals surface area contributed by atoms with Gasteiger partial charge in [0, 0.05) is 19.4 Å². The zero-order valence-electron chi connectivity index (χ0n) is 13.9. The molecule has 0 spiro atoms. The summed E-state index contributed by atoms with van der Waals surface area (Å²) in [6.45, 7) is -0.133. The fraction of sp³-hybridized carbons (Fsp3) is 0.474. The van der Waals surface area contributed by atoms with E-state index in [2.05, 4.69) is 16.8 Å². The van der Waals surface area contributed by atoms with Crippen LogP contribution in [0, 0.1) is 23.9 Å². The van der Waals surface area contributed by atoms with Crippen LogP contribution in [0.5, 0.6) is 5.75 Å². The highest BCUT2D eigenvalue weighted by Gasteiger charge is 2.34. The smallest absolute Gasteiger partial charge is 0.342 e. The second-order valence-electron chi connectivity index (χ2n) is 5.93. The van der Waals surface area contributed by atoms with Crippen LogP contribution in [0.15, 0.2) is 24.3 Å². The van der Waals surface area contributed by atoms with Gasteiger partial charge in [-0.2, -0.15) is 0 Å². The van der Waals surface area contributed by atoms with E-state index in [1.54, 1.807) is 0 Å². The summed E-state index contributed by atoms with van der Waals surface area (Å²) in [7, 11) is 0.